The lowest BCUT2D eigenvalue weighted by Crippen LogP contribution is -2.28. The summed E-state index contributed by atoms with van der Waals surface area (Å²) in [4.78, 5) is 16.3. The van der Waals surface area contributed by atoms with E-state index < -0.39 is 0 Å². The summed E-state index contributed by atoms with van der Waals surface area (Å²) in [5, 5.41) is 2.86. The molecule has 154 valence electrons. The Labute approximate surface area is 181 Å². The first-order chi connectivity index (χ1) is 15.3. The Bertz CT molecular complexity index is 1110. The van der Waals surface area contributed by atoms with Crippen molar-refractivity contribution in [3.8, 4) is 28.5 Å². The number of nitrogens with zero attached hydrogens (tertiary/aromatic N) is 1. The third-order valence-corrected chi connectivity index (χ3v) is 4.58. The Balaban J connectivity index is 1.25. The zero-order valence-electron chi connectivity index (χ0n) is 16.9. The van der Waals surface area contributed by atoms with E-state index >= 15 is 0 Å². The van der Waals surface area contributed by atoms with Crippen molar-refractivity contribution in [1.29, 1.82) is 0 Å². The summed E-state index contributed by atoms with van der Waals surface area (Å²) in [6, 6.07) is 30.8. The summed E-state index contributed by atoms with van der Waals surface area (Å²) in [6.45, 7) is 0.337. The summed E-state index contributed by atoms with van der Waals surface area (Å²) < 4.78 is 11.3. The molecular formula is C26H22N2O3. The second kappa shape index (κ2) is 10.1. The van der Waals surface area contributed by atoms with Crippen LogP contribution in [0.1, 0.15) is 5.56 Å². The minimum absolute atomic E-state index is 0.0468. The largest absolute Gasteiger partial charge is 0.484 e. The van der Waals surface area contributed by atoms with Gasteiger partial charge in [0.1, 0.15) is 11.5 Å². The van der Waals surface area contributed by atoms with Crippen LogP contribution in [0.15, 0.2) is 103 Å². The van der Waals surface area contributed by atoms with Gasteiger partial charge in [-0.2, -0.15) is 0 Å². The van der Waals surface area contributed by atoms with Crippen molar-refractivity contribution >= 4 is 5.91 Å². The van der Waals surface area contributed by atoms with Gasteiger partial charge in [-0.15, -0.1) is 0 Å². The molecule has 0 spiro atoms. The van der Waals surface area contributed by atoms with E-state index in [0.29, 0.717) is 23.9 Å². The van der Waals surface area contributed by atoms with Crippen molar-refractivity contribution in [2.24, 2.45) is 0 Å². The van der Waals surface area contributed by atoms with Crippen molar-refractivity contribution in [3.63, 3.8) is 0 Å². The molecule has 0 aliphatic heterocycles. The number of carbonyl (C=O) groups is 1. The fourth-order valence-electron chi connectivity index (χ4n) is 3.02. The molecule has 1 amide bonds. The van der Waals surface area contributed by atoms with Crippen molar-refractivity contribution in [2.45, 2.75) is 6.54 Å². The molecule has 0 fully saturated rings. The average Bonchev–Trinajstić information content (AvgIpc) is 2.83. The predicted molar refractivity (Wildman–Crippen MR) is 120 cm³/mol. The number of amides is 1. The molecule has 0 radical (unpaired) electrons. The van der Waals surface area contributed by atoms with E-state index in [1.54, 1.807) is 12.3 Å². The first-order valence-electron chi connectivity index (χ1n) is 9.99. The van der Waals surface area contributed by atoms with Gasteiger partial charge in [0.15, 0.2) is 6.61 Å². The number of ether oxygens (including phenoxy) is 2. The van der Waals surface area contributed by atoms with Crippen LogP contribution in [0.5, 0.6) is 17.4 Å². The average molecular weight is 410 g/mol. The Morgan fingerprint density at radius 3 is 2.32 bits per heavy atom. The lowest BCUT2D eigenvalue weighted by molar-refractivity contribution is -0.123. The summed E-state index contributed by atoms with van der Waals surface area (Å²) in [7, 11) is 0. The van der Waals surface area contributed by atoms with Gasteiger partial charge in [0.05, 0.1) is 0 Å². The third-order valence-electron chi connectivity index (χ3n) is 4.58. The highest BCUT2D eigenvalue weighted by Crippen LogP contribution is 2.22. The molecule has 0 saturated heterocycles. The number of hydrogen-bond acceptors (Lipinski definition) is 4. The van der Waals surface area contributed by atoms with Crippen LogP contribution in [0, 0.1) is 0 Å². The van der Waals surface area contributed by atoms with Gasteiger partial charge >= 0.3 is 0 Å². The highest BCUT2D eigenvalue weighted by Gasteiger charge is 2.05. The molecular weight excluding hydrogens is 388 g/mol. The minimum atomic E-state index is -0.191. The summed E-state index contributed by atoms with van der Waals surface area (Å²) in [5.74, 6) is 1.65. The third kappa shape index (κ3) is 5.93. The fourth-order valence-corrected chi connectivity index (χ4v) is 3.02. The Kier molecular flexibility index (Phi) is 6.55. The molecule has 5 nitrogen and oxygen atoms in total. The van der Waals surface area contributed by atoms with Crippen LogP contribution < -0.4 is 14.8 Å². The van der Waals surface area contributed by atoms with E-state index in [1.165, 1.54) is 0 Å². The van der Waals surface area contributed by atoms with Crippen molar-refractivity contribution in [3.05, 3.63) is 109 Å². The molecule has 1 N–H and O–H groups in total. The minimum Gasteiger partial charge on any atom is -0.484 e. The molecule has 5 heteroatoms. The maximum Gasteiger partial charge on any atom is 0.258 e. The van der Waals surface area contributed by atoms with Crippen molar-refractivity contribution in [1.82, 2.24) is 10.3 Å². The first kappa shape index (κ1) is 20.2. The first-order valence-corrected chi connectivity index (χ1v) is 9.99. The van der Waals surface area contributed by atoms with E-state index in [2.05, 4.69) is 22.4 Å². The van der Waals surface area contributed by atoms with Gasteiger partial charge in [-0.05, 0) is 47.0 Å². The normalized spacial score (nSPS) is 10.3. The number of aromatic nitrogens is 1. The molecule has 3 aromatic carbocycles. The van der Waals surface area contributed by atoms with Gasteiger partial charge in [-0.25, -0.2) is 4.98 Å². The second-order valence-corrected chi connectivity index (χ2v) is 6.87. The highest BCUT2D eigenvalue weighted by molar-refractivity contribution is 5.77. The standard InChI is InChI=1S/C26H22N2O3/c29-25(19-30-23-14-12-22(13-15-23)21-8-2-1-3-9-21)28-18-20-7-6-10-24(17-20)31-26-11-4-5-16-27-26/h1-17H,18-19H2,(H,28,29). The van der Waals surface area contributed by atoms with Gasteiger partial charge in [0, 0.05) is 18.8 Å². The number of rotatable bonds is 8. The van der Waals surface area contributed by atoms with Gasteiger partial charge in [-0.1, -0.05) is 60.7 Å². The van der Waals surface area contributed by atoms with Gasteiger partial charge in [0.2, 0.25) is 5.88 Å². The number of benzene rings is 3. The fraction of sp³-hybridized carbons (Fsp3) is 0.0769. The van der Waals surface area contributed by atoms with E-state index in [0.717, 1.165) is 16.7 Å². The quantitative estimate of drug-likeness (QED) is 0.432. The highest BCUT2D eigenvalue weighted by atomic mass is 16.5. The molecule has 0 unspecified atom stereocenters. The molecule has 4 aromatic rings. The van der Waals surface area contributed by atoms with Crippen LogP contribution in [-0.2, 0) is 11.3 Å². The Morgan fingerprint density at radius 1 is 0.774 bits per heavy atom. The molecule has 1 aromatic heterocycles. The summed E-state index contributed by atoms with van der Waals surface area (Å²) >= 11 is 0. The van der Waals surface area contributed by atoms with Crippen LogP contribution in [0.4, 0.5) is 0 Å². The van der Waals surface area contributed by atoms with E-state index in [1.807, 2.05) is 78.9 Å². The predicted octanol–water partition coefficient (Wildman–Crippen LogP) is 5.24. The molecule has 0 saturated carbocycles. The number of hydrogen-bond donors (Lipinski definition) is 1. The monoisotopic (exact) mass is 410 g/mol. The zero-order chi connectivity index (χ0) is 21.3. The van der Waals surface area contributed by atoms with Crippen LogP contribution in [0.25, 0.3) is 11.1 Å². The van der Waals surface area contributed by atoms with Crippen LogP contribution in [0.3, 0.4) is 0 Å². The molecule has 0 aliphatic carbocycles. The second-order valence-electron chi connectivity index (χ2n) is 6.87. The maximum absolute atomic E-state index is 12.2. The zero-order valence-corrected chi connectivity index (χ0v) is 16.9. The molecule has 0 bridgehead atoms. The SMILES string of the molecule is O=C(COc1ccc(-c2ccccc2)cc1)NCc1cccc(Oc2ccccn2)c1. The molecule has 0 aliphatic rings. The summed E-state index contributed by atoms with van der Waals surface area (Å²) in [5.41, 5.74) is 3.17. The van der Waals surface area contributed by atoms with Crippen molar-refractivity contribution < 1.29 is 14.3 Å². The van der Waals surface area contributed by atoms with E-state index in [4.69, 9.17) is 9.47 Å². The Hall–Kier alpha value is -4.12. The molecule has 4 rings (SSSR count). The van der Waals surface area contributed by atoms with Crippen LogP contribution >= 0.6 is 0 Å². The van der Waals surface area contributed by atoms with Gasteiger partial charge in [-0.3, -0.25) is 4.79 Å². The van der Waals surface area contributed by atoms with E-state index in [9.17, 15) is 4.79 Å². The molecule has 31 heavy (non-hydrogen) atoms. The van der Waals surface area contributed by atoms with Crippen LogP contribution in [0.2, 0.25) is 0 Å². The number of carbonyl (C=O) groups excluding carboxylic acids is 1. The number of nitrogens with one attached hydrogen (secondary N) is 1. The Morgan fingerprint density at radius 2 is 1.55 bits per heavy atom. The van der Waals surface area contributed by atoms with E-state index in [-0.39, 0.29) is 12.5 Å². The maximum atomic E-state index is 12.2. The molecule has 0 atom stereocenters. The topological polar surface area (TPSA) is 60.5 Å². The molecule has 1 heterocycles. The van der Waals surface area contributed by atoms with Gasteiger partial charge in [0.25, 0.3) is 5.91 Å². The van der Waals surface area contributed by atoms with Gasteiger partial charge < -0.3 is 14.8 Å². The summed E-state index contributed by atoms with van der Waals surface area (Å²) in [6.07, 6.45) is 1.68. The van der Waals surface area contributed by atoms with Crippen molar-refractivity contribution in [2.75, 3.05) is 6.61 Å². The number of pyridine rings is 1. The smallest absolute Gasteiger partial charge is 0.258 e. The lowest BCUT2D eigenvalue weighted by Gasteiger charge is -2.10. The lowest BCUT2D eigenvalue weighted by atomic mass is 10.1. The van der Waals surface area contributed by atoms with Crippen LogP contribution in [-0.4, -0.2) is 17.5 Å².